The van der Waals surface area contributed by atoms with E-state index in [9.17, 15) is 18.8 Å². The number of carbonyl (C=O) groups excluding carboxylic acids is 3. The molecule has 1 aliphatic rings. The summed E-state index contributed by atoms with van der Waals surface area (Å²) < 4.78 is 18.1. The highest BCUT2D eigenvalue weighted by molar-refractivity contribution is 6.03. The maximum absolute atomic E-state index is 13.0. The summed E-state index contributed by atoms with van der Waals surface area (Å²) in [5.74, 6) is -0.759. The molecule has 0 saturated carbocycles. The summed E-state index contributed by atoms with van der Waals surface area (Å²) >= 11 is 0. The van der Waals surface area contributed by atoms with Crippen LogP contribution in [0.15, 0.2) is 71.3 Å². The van der Waals surface area contributed by atoms with E-state index in [1.165, 1.54) is 18.4 Å². The first kappa shape index (κ1) is 21.3. The lowest BCUT2D eigenvalue weighted by molar-refractivity contribution is -0.131. The summed E-state index contributed by atoms with van der Waals surface area (Å²) in [7, 11) is 0. The highest BCUT2D eigenvalue weighted by Crippen LogP contribution is 2.16. The van der Waals surface area contributed by atoms with E-state index in [1.54, 1.807) is 58.3 Å². The first-order valence-corrected chi connectivity index (χ1v) is 10.3. The number of carbonyl (C=O) groups is 3. The van der Waals surface area contributed by atoms with Crippen molar-refractivity contribution < 1.29 is 23.2 Å². The van der Waals surface area contributed by atoms with Crippen LogP contribution in [0.3, 0.4) is 0 Å². The number of hydrogen-bond donors (Lipinski definition) is 1. The van der Waals surface area contributed by atoms with Crippen molar-refractivity contribution in [2.45, 2.75) is 6.42 Å². The average molecular weight is 435 g/mol. The minimum atomic E-state index is -0.395. The van der Waals surface area contributed by atoms with Crippen molar-refractivity contribution >= 4 is 23.4 Å². The molecule has 32 heavy (non-hydrogen) atoms. The van der Waals surface area contributed by atoms with Gasteiger partial charge in [-0.2, -0.15) is 0 Å². The molecule has 4 rings (SSSR count). The van der Waals surface area contributed by atoms with Gasteiger partial charge in [0.1, 0.15) is 5.82 Å². The van der Waals surface area contributed by atoms with Gasteiger partial charge < -0.3 is 19.5 Å². The van der Waals surface area contributed by atoms with E-state index < -0.39 is 5.91 Å². The second-order valence-electron chi connectivity index (χ2n) is 7.49. The SMILES string of the molecule is O=C(Nc1cccc(C(=O)N2CCN(C(=O)Cc3ccc(F)cc3)CC2)c1)c1ccco1. The monoisotopic (exact) mass is 435 g/mol. The highest BCUT2D eigenvalue weighted by atomic mass is 19.1. The van der Waals surface area contributed by atoms with Gasteiger partial charge >= 0.3 is 0 Å². The van der Waals surface area contributed by atoms with Crippen LogP contribution in [0, 0.1) is 5.82 Å². The van der Waals surface area contributed by atoms with Crippen LogP contribution < -0.4 is 5.32 Å². The third-order valence-electron chi connectivity index (χ3n) is 5.30. The van der Waals surface area contributed by atoms with Crippen LogP contribution in [0.1, 0.15) is 26.5 Å². The van der Waals surface area contributed by atoms with Gasteiger partial charge in [0.25, 0.3) is 11.8 Å². The third kappa shape index (κ3) is 5.03. The summed E-state index contributed by atoms with van der Waals surface area (Å²) in [4.78, 5) is 41.0. The summed E-state index contributed by atoms with van der Waals surface area (Å²) in [6.07, 6.45) is 1.62. The molecular formula is C24H22FN3O4. The molecular weight excluding hydrogens is 413 g/mol. The molecule has 3 amide bonds. The molecule has 164 valence electrons. The predicted octanol–water partition coefficient (Wildman–Crippen LogP) is 3.20. The molecule has 0 bridgehead atoms. The molecule has 0 radical (unpaired) electrons. The molecule has 1 fully saturated rings. The molecule has 0 atom stereocenters. The van der Waals surface area contributed by atoms with Crippen LogP contribution in [-0.4, -0.2) is 53.7 Å². The topological polar surface area (TPSA) is 82.9 Å². The average Bonchev–Trinajstić information content (AvgIpc) is 3.36. The molecule has 0 unspecified atom stereocenters. The number of amides is 3. The second-order valence-corrected chi connectivity index (χ2v) is 7.49. The van der Waals surface area contributed by atoms with Crippen LogP contribution in [0.4, 0.5) is 10.1 Å². The summed E-state index contributed by atoms with van der Waals surface area (Å²) in [6, 6.07) is 15.8. The zero-order valence-corrected chi connectivity index (χ0v) is 17.3. The van der Waals surface area contributed by atoms with E-state index in [2.05, 4.69) is 5.32 Å². The summed E-state index contributed by atoms with van der Waals surface area (Å²) in [6.45, 7) is 1.69. The molecule has 7 nitrogen and oxygen atoms in total. The molecule has 2 aromatic carbocycles. The van der Waals surface area contributed by atoms with Gasteiger partial charge in [-0.05, 0) is 48.0 Å². The maximum Gasteiger partial charge on any atom is 0.291 e. The zero-order valence-electron chi connectivity index (χ0n) is 17.3. The van der Waals surface area contributed by atoms with Crippen molar-refractivity contribution in [1.29, 1.82) is 0 Å². The third-order valence-corrected chi connectivity index (χ3v) is 5.30. The van der Waals surface area contributed by atoms with Gasteiger partial charge in [0, 0.05) is 37.4 Å². The van der Waals surface area contributed by atoms with E-state index in [1.807, 2.05) is 0 Å². The number of piperazine rings is 1. The van der Waals surface area contributed by atoms with Crippen LogP contribution >= 0.6 is 0 Å². The van der Waals surface area contributed by atoms with Crippen molar-refractivity contribution in [1.82, 2.24) is 9.80 Å². The number of rotatable bonds is 5. The Hall–Kier alpha value is -3.94. The van der Waals surface area contributed by atoms with E-state index in [-0.39, 0.29) is 29.8 Å². The Morgan fingerprint density at radius 2 is 1.62 bits per heavy atom. The molecule has 1 aromatic heterocycles. The fraction of sp³-hybridized carbons (Fsp3) is 0.208. The van der Waals surface area contributed by atoms with Gasteiger partial charge in [-0.1, -0.05) is 18.2 Å². The predicted molar refractivity (Wildman–Crippen MR) is 116 cm³/mol. The lowest BCUT2D eigenvalue weighted by atomic mass is 10.1. The maximum atomic E-state index is 13.0. The Bertz CT molecular complexity index is 1100. The molecule has 2 heterocycles. The smallest absolute Gasteiger partial charge is 0.291 e. The molecule has 1 aliphatic heterocycles. The Balaban J connectivity index is 1.32. The lowest BCUT2D eigenvalue weighted by Crippen LogP contribution is -2.51. The van der Waals surface area contributed by atoms with Crippen LogP contribution in [0.2, 0.25) is 0 Å². The van der Waals surface area contributed by atoms with Crippen LogP contribution in [0.25, 0.3) is 0 Å². The lowest BCUT2D eigenvalue weighted by Gasteiger charge is -2.35. The first-order valence-electron chi connectivity index (χ1n) is 10.3. The van der Waals surface area contributed by atoms with Crippen molar-refractivity contribution in [2.24, 2.45) is 0 Å². The highest BCUT2D eigenvalue weighted by Gasteiger charge is 2.25. The number of halogens is 1. The zero-order chi connectivity index (χ0) is 22.5. The van der Waals surface area contributed by atoms with Gasteiger partial charge in [0.15, 0.2) is 5.76 Å². The molecule has 1 N–H and O–H groups in total. The van der Waals surface area contributed by atoms with E-state index in [0.717, 1.165) is 5.56 Å². The Morgan fingerprint density at radius 3 is 2.31 bits per heavy atom. The van der Waals surface area contributed by atoms with Crippen molar-refractivity contribution in [3.05, 3.63) is 89.6 Å². The number of hydrogen-bond acceptors (Lipinski definition) is 4. The molecule has 3 aromatic rings. The Kier molecular flexibility index (Phi) is 6.30. The quantitative estimate of drug-likeness (QED) is 0.667. The number of furan rings is 1. The molecule has 1 saturated heterocycles. The van der Waals surface area contributed by atoms with Gasteiger partial charge in [-0.15, -0.1) is 0 Å². The van der Waals surface area contributed by atoms with E-state index in [4.69, 9.17) is 4.42 Å². The van der Waals surface area contributed by atoms with Crippen molar-refractivity contribution in [3.63, 3.8) is 0 Å². The number of nitrogens with one attached hydrogen (secondary N) is 1. The Morgan fingerprint density at radius 1 is 0.906 bits per heavy atom. The largest absolute Gasteiger partial charge is 0.459 e. The van der Waals surface area contributed by atoms with E-state index in [0.29, 0.717) is 37.4 Å². The van der Waals surface area contributed by atoms with Gasteiger partial charge in [0.2, 0.25) is 5.91 Å². The minimum absolute atomic E-state index is 0.0497. The first-order chi connectivity index (χ1) is 15.5. The van der Waals surface area contributed by atoms with Gasteiger partial charge in [-0.3, -0.25) is 14.4 Å². The Labute approximate surface area is 184 Å². The molecule has 8 heteroatoms. The van der Waals surface area contributed by atoms with Gasteiger partial charge in [0.05, 0.1) is 12.7 Å². The fourth-order valence-corrected chi connectivity index (χ4v) is 3.56. The fourth-order valence-electron chi connectivity index (χ4n) is 3.56. The standard InChI is InChI=1S/C24H22FN3O4/c25-19-8-6-17(7-9-19)15-22(29)27-10-12-28(13-11-27)24(31)18-3-1-4-20(16-18)26-23(30)21-5-2-14-32-21/h1-9,14,16H,10-13,15H2,(H,26,30). The van der Waals surface area contributed by atoms with Crippen molar-refractivity contribution in [3.8, 4) is 0 Å². The van der Waals surface area contributed by atoms with Gasteiger partial charge in [-0.25, -0.2) is 4.39 Å². The number of nitrogens with zero attached hydrogens (tertiary/aromatic N) is 2. The molecule has 0 aliphatic carbocycles. The normalized spacial score (nSPS) is 13.7. The van der Waals surface area contributed by atoms with E-state index >= 15 is 0 Å². The van der Waals surface area contributed by atoms with Crippen LogP contribution in [-0.2, 0) is 11.2 Å². The number of benzene rings is 2. The molecule has 0 spiro atoms. The minimum Gasteiger partial charge on any atom is -0.459 e. The van der Waals surface area contributed by atoms with Crippen LogP contribution in [0.5, 0.6) is 0 Å². The number of anilines is 1. The van der Waals surface area contributed by atoms with Crippen molar-refractivity contribution in [2.75, 3.05) is 31.5 Å². The summed E-state index contributed by atoms with van der Waals surface area (Å²) in [5, 5.41) is 2.71. The second kappa shape index (κ2) is 9.47. The summed E-state index contributed by atoms with van der Waals surface area (Å²) in [5.41, 5.74) is 1.70.